The van der Waals surface area contributed by atoms with E-state index in [9.17, 15) is 13.2 Å². The molecule has 0 spiro atoms. The molecule has 5 nitrogen and oxygen atoms in total. The molecule has 0 aromatic heterocycles. The second kappa shape index (κ2) is 10.0. The molecule has 0 fully saturated rings. The number of amides is 1. The van der Waals surface area contributed by atoms with E-state index in [1.807, 2.05) is 49.4 Å². The third-order valence-electron chi connectivity index (χ3n) is 4.96. The van der Waals surface area contributed by atoms with Gasteiger partial charge in [0.1, 0.15) is 6.04 Å². The first-order valence-electron chi connectivity index (χ1n) is 9.97. The SMILES string of the molecule is Cc1cc(C)c(S(=O)(=O)N[C@H](Cc2ccccc2)C(=O)Nc2ccc(Cl)c(Cl)c2)c(C)c1. The maximum atomic E-state index is 13.3. The lowest BCUT2D eigenvalue weighted by Crippen LogP contribution is -2.45. The first kappa shape index (κ1) is 24.3. The zero-order valence-corrected chi connectivity index (χ0v) is 20.3. The number of carbonyl (C=O) groups is 1. The minimum Gasteiger partial charge on any atom is -0.325 e. The van der Waals surface area contributed by atoms with Gasteiger partial charge in [-0.05, 0) is 62.1 Å². The van der Waals surface area contributed by atoms with Gasteiger partial charge >= 0.3 is 0 Å². The van der Waals surface area contributed by atoms with Crippen LogP contribution in [0.2, 0.25) is 10.0 Å². The van der Waals surface area contributed by atoms with Crippen molar-refractivity contribution in [1.29, 1.82) is 0 Å². The number of rotatable bonds is 7. The summed E-state index contributed by atoms with van der Waals surface area (Å²) in [5, 5.41) is 3.38. The van der Waals surface area contributed by atoms with Gasteiger partial charge in [-0.2, -0.15) is 4.72 Å². The Morgan fingerprint density at radius 2 is 1.53 bits per heavy atom. The molecule has 3 aromatic rings. The second-order valence-corrected chi connectivity index (χ2v) is 10.2. The van der Waals surface area contributed by atoms with Gasteiger partial charge in [-0.15, -0.1) is 0 Å². The monoisotopic (exact) mass is 490 g/mol. The molecule has 8 heteroatoms. The van der Waals surface area contributed by atoms with E-state index in [0.717, 1.165) is 11.1 Å². The van der Waals surface area contributed by atoms with E-state index in [1.54, 1.807) is 26.0 Å². The summed E-state index contributed by atoms with van der Waals surface area (Å²) >= 11 is 12.0. The lowest BCUT2D eigenvalue weighted by molar-refractivity contribution is -0.117. The van der Waals surface area contributed by atoms with Crippen LogP contribution in [0.3, 0.4) is 0 Å². The molecule has 3 aromatic carbocycles. The Hall–Kier alpha value is -2.38. The van der Waals surface area contributed by atoms with Crippen LogP contribution < -0.4 is 10.0 Å². The van der Waals surface area contributed by atoms with Crippen molar-refractivity contribution in [3.8, 4) is 0 Å². The van der Waals surface area contributed by atoms with Crippen LogP contribution in [0.1, 0.15) is 22.3 Å². The van der Waals surface area contributed by atoms with Crippen molar-refractivity contribution in [2.24, 2.45) is 0 Å². The molecule has 2 N–H and O–H groups in total. The standard InChI is InChI=1S/C24H24Cl2N2O3S/c1-15-11-16(2)23(17(3)12-15)32(30,31)28-22(13-18-7-5-4-6-8-18)24(29)27-19-9-10-20(25)21(26)14-19/h4-12,14,22,28H,13H2,1-3H3,(H,27,29)/t22-/m1/s1. The summed E-state index contributed by atoms with van der Waals surface area (Å²) in [7, 11) is -3.97. The third kappa shape index (κ3) is 5.90. The van der Waals surface area contributed by atoms with Gasteiger partial charge in [0.2, 0.25) is 15.9 Å². The van der Waals surface area contributed by atoms with E-state index < -0.39 is 22.0 Å². The topological polar surface area (TPSA) is 75.3 Å². The minimum absolute atomic E-state index is 0.178. The Morgan fingerprint density at radius 3 is 2.12 bits per heavy atom. The van der Waals surface area contributed by atoms with Gasteiger partial charge in [0.25, 0.3) is 0 Å². The van der Waals surface area contributed by atoms with Crippen LogP contribution in [0.25, 0.3) is 0 Å². The third-order valence-corrected chi connectivity index (χ3v) is 7.47. The minimum atomic E-state index is -3.97. The summed E-state index contributed by atoms with van der Waals surface area (Å²) in [6, 6.07) is 16.5. The van der Waals surface area contributed by atoms with Crippen molar-refractivity contribution in [1.82, 2.24) is 4.72 Å². The zero-order chi connectivity index (χ0) is 23.5. The van der Waals surface area contributed by atoms with Gasteiger partial charge in [-0.25, -0.2) is 8.42 Å². The van der Waals surface area contributed by atoms with E-state index >= 15 is 0 Å². The number of halogens is 2. The summed E-state index contributed by atoms with van der Waals surface area (Å²) in [6.45, 7) is 5.40. The molecule has 0 radical (unpaired) electrons. The Kier molecular flexibility index (Phi) is 7.62. The molecular formula is C24H24Cl2N2O3S. The number of benzene rings is 3. The fourth-order valence-corrected chi connectivity index (χ4v) is 5.62. The predicted octanol–water partition coefficient (Wildman–Crippen LogP) is 5.45. The molecule has 0 saturated heterocycles. The van der Waals surface area contributed by atoms with Gasteiger partial charge in [-0.1, -0.05) is 71.2 Å². The second-order valence-electron chi connectivity index (χ2n) is 7.71. The van der Waals surface area contributed by atoms with E-state index in [1.165, 1.54) is 6.07 Å². The Morgan fingerprint density at radius 1 is 0.906 bits per heavy atom. The van der Waals surface area contributed by atoms with Crippen LogP contribution in [0.5, 0.6) is 0 Å². The fraction of sp³-hybridized carbons (Fsp3) is 0.208. The molecule has 0 unspecified atom stereocenters. The van der Waals surface area contributed by atoms with Gasteiger partial charge in [-0.3, -0.25) is 4.79 Å². The number of anilines is 1. The summed E-state index contributed by atoms with van der Waals surface area (Å²) in [5.74, 6) is -0.502. The van der Waals surface area contributed by atoms with E-state index in [4.69, 9.17) is 23.2 Å². The molecule has 0 aliphatic rings. The number of hydrogen-bond acceptors (Lipinski definition) is 3. The Labute approximate surface area is 198 Å². The van der Waals surface area contributed by atoms with Crippen molar-refractivity contribution >= 4 is 44.8 Å². The molecule has 0 heterocycles. The fourth-order valence-electron chi connectivity index (χ4n) is 3.68. The molecule has 0 aliphatic carbocycles. The highest BCUT2D eigenvalue weighted by Gasteiger charge is 2.28. The molecular weight excluding hydrogens is 467 g/mol. The number of nitrogens with one attached hydrogen (secondary N) is 2. The summed E-state index contributed by atoms with van der Waals surface area (Å²) in [6.07, 6.45) is 0.178. The Bertz CT molecular complexity index is 1220. The highest BCUT2D eigenvalue weighted by molar-refractivity contribution is 7.89. The number of aryl methyl sites for hydroxylation is 3. The average molecular weight is 491 g/mol. The molecule has 32 heavy (non-hydrogen) atoms. The lowest BCUT2D eigenvalue weighted by Gasteiger charge is -2.21. The van der Waals surface area contributed by atoms with Crippen molar-refractivity contribution in [3.05, 3.63) is 93.0 Å². The van der Waals surface area contributed by atoms with Gasteiger partial charge < -0.3 is 5.32 Å². The van der Waals surface area contributed by atoms with Gasteiger partial charge in [0.15, 0.2) is 0 Å². The molecule has 168 valence electrons. The van der Waals surface area contributed by atoms with Crippen LogP contribution in [0, 0.1) is 20.8 Å². The summed E-state index contributed by atoms with van der Waals surface area (Å²) in [5.41, 5.74) is 3.46. The van der Waals surface area contributed by atoms with Crippen molar-refractivity contribution in [3.63, 3.8) is 0 Å². The van der Waals surface area contributed by atoms with Crippen LogP contribution in [0.15, 0.2) is 65.6 Å². The van der Waals surface area contributed by atoms with Crippen molar-refractivity contribution < 1.29 is 13.2 Å². The van der Waals surface area contributed by atoms with E-state index in [2.05, 4.69) is 10.0 Å². The van der Waals surface area contributed by atoms with Crippen LogP contribution in [-0.4, -0.2) is 20.4 Å². The molecule has 0 bridgehead atoms. The van der Waals surface area contributed by atoms with Crippen LogP contribution in [-0.2, 0) is 21.2 Å². The maximum Gasteiger partial charge on any atom is 0.242 e. The summed E-state index contributed by atoms with van der Waals surface area (Å²) < 4.78 is 29.2. The van der Waals surface area contributed by atoms with Crippen LogP contribution >= 0.6 is 23.2 Å². The van der Waals surface area contributed by atoms with Crippen LogP contribution in [0.4, 0.5) is 5.69 Å². The van der Waals surface area contributed by atoms with Gasteiger partial charge in [0, 0.05) is 5.69 Å². The first-order chi connectivity index (χ1) is 15.1. The summed E-state index contributed by atoms with van der Waals surface area (Å²) in [4.78, 5) is 13.3. The normalized spacial score (nSPS) is 12.4. The average Bonchev–Trinajstić information content (AvgIpc) is 2.70. The number of carbonyl (C=O) groups excluding carboxylic acids is 1. The maximum absolute atomic E-state index is 13.3. The van der Waals surface area contributed by atoms with Crippen molar-refractivity contribution in [2.75, 3.05) is 5.32 Å². The Balaban J connectivity index is 1.93. The highest BCUT2D eigenvalue weighted by Crippen LogP contribution is 2.26. The van der Waals surface area contributed by atoms with Crippen molar-refractivity contribution in [2.45, 2.75) is 38.1 Å². The molecule has 1 atom stereocenters. The highest BCUT2D eigenvalue weighted by atomic mass is 35.5. The molecule has 0 aliphatic heterocycles. The lowest BCUT2D eigenvalue weighted by atomic mass is 10.1. The molecule has 3 rings (SSSR count). The first-order valence-corrected chi connectivity index (χ1v) is 12.2. The quantitative estimate of drug-likeness (QED) is 0.462. The molecule has 0 saturated carbocycles. The predicted molar refractivity (Wildman–Crippen MR) is 130 cm³/mol. The number of sulfonamides is 1. The number of hydrogen-bond donors (Lipinski definition) is 2. The van der Waals surface area contributed by atoms with E-state index in [0.29, 0.717) is 21.8 Å². The molecule has 1 amide bonds. The van der Waals surface area contributed by atoms with Gasteiger partial charge in [0.05, 0.1) is 14.9 Å². The largest absolute Gasteiger partial charge is 0.325 e. The smallest absolute Gasteiger partial charge is 0.242 e. The van der Waals surface area contributed by atoms with E-state index in [-0.39, 0.29) is 16.3 Å². The zero-order valence-electron chi connectivity index (χ0n) is 17.9.